The Kier molecular flexibility index (Phi) is 8.26. The van der Waals surface area contributed by atoms with E-state index in [0.717, 1.165) is 13.0 Å². The van der Waals surface area contributed by atoms with Crippen molar-refractivity contribution >= 4 is 11.9 Å². The smallest absolute Gasteiger partial charge is 0.291 e. The van der Waals surface area contributed by atoms with Crippen molar-refractivity contribution in [3.8, 4) is 0 Å². The molecule has 0 radical (unpaired) electrons. The Morgan fingerprint density at radius 3 is 2.52 bits per heavy atom. The Bertz CT molecular complexity index is 513. The van der Waals surface area contributed by atoms with E-state index < -0.39 is 0 Å². The van der Waals surface area contributed by atoms with Crippen molar-refractivity contribution in [3.05, 3.63) is 35.6 Å². The number of aliphatic imine (C=N–C) groups is 1. The van der Waals surface area contributed by atoms with Crippen molar-refractivity contribution < 1.29 is 13.9 Å². The van der Waals surface area contributed by atoms with Crippen molar-refractivity contribution in [2.45, 2.75) is 20.3 Å². The summed E-state index contributed by atoms with van der Waals surface area (Å²) in [5, 5.41) is 2.65. The van der Waals surface area contributed by atoms with Crippen molar-refractivity contribution in [2.24, 2.45) is 10.9 Å². The molecule has 0 aliphatic rings. The molecule has 0 heterocycles. The molecule has 5 nitrogen and oxygen atoms in total. The zero-order valence-corrected chi connectivity index (χ0v) is 14.3. The molecule has 128 valence electrons. The summed E-state index contributed by atoms with van der Waals surface area (Å²) >= 11 is 0. The van der Waals surface area contributed by atoms with Gasteiger partial charge in [-0.15, -0.1) is 0 Å². The van der Waals surface area contributed by atoms with E-state index in [9.17, 15) is 9.18 Å². The zero-order chi connectivity index (χ0) is 17.2. The molecule has 0 fully saturated rings. The molecule has 0 atom stereocenters. The molecular weight excluding hydrogens is 297 g/mol. The maximum absolute atomic E-state index is 12.9. The molecule has 1 aromatic rings. The van der Waals surface area contributed by atoms with Gasteiger partial charge in [-0.1, -0.05) is 13.8 Å². The van der Waals surface area contributed by atoms with Crippen LogP contribution in [0, 0.1) is 11.7 Å². The lowest BCUT2D eigenvalue weighted by molar-refractivity contribution is 0.0963. The monoisotopic (exact) mass is 323 g/mol. The number of ether oxygens (including phenoxy) is 1. The third-order valence-electron chi connectivity index (χ3n) is 2.90. The van der Waals surface area contributed by atoms with Crippen molar-refractivity contribution in [1.82, 2.24) is 10.2 Å². The highest BCUT2D eigenvalue weighted by Gasteiger charge is 2.10. The first kappa shape index (κ1) is 19.1. The van der Waals surface area contributed by atoms with Gasteiger partial charge >= 0.3 is 0 Å². The molecule has 1 amide bonds. The van der Waals surface area contributed by atoms with Crippen LogP contribution in [0.25, 0.3) is 0 Å². The topological polar surface area (TPSA) is 53.9 Å². The summed E-state index contributed by atoms with van der Waals surface area (Å²) in [6, 6.07) is 5.56. The molecule has 1 rings (SSSR count). The quantitative estimate of drug-likeness (QED) is 0.477. The Labute approximate surface area is 137 Å². The van der Waals surface area contributed by atoms with Gasteiger partial charge in [-0.2, -0.15) is 0 Å². The van der Waals surface area contributed by atoms with E-state index in [1.165, 1.54) is 24.3 Å². The molecule has 0 unspecified atom stereocenters. The Morgan fingerprint density at radius 1 is 1.30 bits per heavy atom. The van der Waals surface area contributed by atoms with Gasteiger partial charge < -0.3 is 9.64 Å². The van der Waals surface area contributed by atoms with Gasteiger partial charge in [-0.05, 0) is 57.2 Å². The van der Waals surface area contributed by atoms with Crippen LogP contribution in [0.15, 0.2) is 29.3 Å². The predicted octanol–water partition coefficient (Wildman–Crippen LogP) is 2.54. The van der Waals surface area contributed by atoms with E-state index in [1.807, 2.05) is 27.9 Å². The first-order valence-electron chi connectivity index (χ1n) is 7.77. The third-order valence-corrected chi connectivity index (χ3v) is 2.90. The van der Waals surface area contributed by atoms with Gasteiger partial charge in [0, 0.05) is 12.1 Å². The van der Waals surface area contributed by atoms with Crippen LogP contribution in [0.5, 0.6) is 0 Å². The van der Waals surface area contributed by atoms with E-state index >= 15 is 0 Å². The summed E-state index contributed by atoms with van der Waals surface area (Å²) < 4.78 is 18.5. The lowest BCUT2D eigenvalue weighted by atomic mass is 10.2. The summed E-state index contributed by atoms with van der Waals surface area (Å²) in [5.74, 6) is -0.417. The number of hydrogen-bond acceptors (Lipinski definition) is 4. The third kappa shape index (κ3) is 8.30. The van der Waals surface area contributed by atoms with Gasteiger partial charge in [-0.25, -0.2) is 9.38 Å². The SMILES string of the molecule is CC(C)COC(=NCCCN(C)C)NC(=O)c1ccc(F)cc1. The molecule has 0 saturated heterocycles. The Balaban J connectivity index is 2.64. The van der Waals surface area contributed by atoms with E-state index in [0.29, 0.717) is 24.6 Å². The number of carbonyl (C=O) groups is 1. The number of carbonyl (C=O) groups excluding carboxylic acids is 1. The predicted molar refractivity (Wildman–Crippen MR) is 90.1 cm³/mol. The maximum Gasteiger partial charge on any atom is 0.291 e. The zero-order valence-electron chi connectivity index (χ0n) is 14.3. The summed E-state index contributed by atoms with van der Waals surface area (Å²) in [6.45, 7) is 5.98. The average Bonchev–Trinajstić information content (AvgIpc) is 2.49. The maximum atomic E-state index is 12.9. The highest BCUT2D eigenvalue weighted by Crippen LogP contribution is 2.03. The van der Waals surface area contributed by atoms with Crippen molar-refractivity contribution in [3.63, 3.8) is 0 Å². The van der Waals surface area contributed by atoms with Crippen LogP contribution >= 0.6 is 0 Å². The Hall–Kier alpha value is -1.95. The Morgan fingerprint density at radius 2 is 1.96 bits per heavy atom. The molecule has 0 bridgehead atoms. The second kappa shape index (κ2) is 9.94. The molecule has 1 aromatic carbocycles. The fraction of sp³-hybridized carbons (Fsp3) is 0.529. The van der Waals surface area contributed by atoms with E-state index in [1.54, 1.807) is 0 Å². The molecule has 0 aliphatic heterocycles. The van der Waals surface area contributed by atoms with E-state index in [-0.39, 0.29) is 17.7 Å². The number of halogens is 1. The lowest BCUT2D eigenvalue weighted by Crippen LogP contribution is -2.33. The van der Waals surface area contributed by atoms with Crippen LogP contribution in [0.4, 0.5) is 4.39 Å². The number of nitrogens with zero attached hydrogens (tertiary/aromatic N) is 2. The van der Waals surface area contributed by atoms with Crippen LogP contribution in [-0.2, 0) is 4.74 Å². The minimum absolute atomic E-state index is 0.215. The average molecular weight is 323 g/mol. The van der Waals surface area contributed by atoms with E-state index in [4.69, 9.17) is 4.74 Å². The van der Waals surface area contributed by atoms with Crippen molar-refractivity contribution in [2.75, 3.05) is 33.8 Å². The molecule has 1 N–H and O–H groups in total. The number of amides is 1. The highest BCUT2D eigenvalue weighted by molar-refractivity contribution is 6.04. The molecule has 0 aromatic heterocycles. The molecule has 6 heteroatoms. The van der Waals surface area contributed by atoms with Gasteiger partial charge in [0.25, 0.3) is 11.9 Å². The summed E-state index contributed by atoms with van der Waals surface area (Å²) in [7, 11) is 3.99. The normalized spacial score (nSPS) is 11.9. The second-order valence-corrected chi connectivity index (χ2v) is 6.01. The molecule has 0 saturated carbocycles. The van der Waals surface area contributed by atoms with Crippen LogP contribution in [-0.4, -0.2) is 50.6 Å². The number of amidine groups is 1. The summed E-state index contributed by atoms with van der Waals surface area (Å²) in [5.41, 5.74) is 0.362. The number of rotatable bonds is 7. The molecule has 23 heavy (non-hydrogen) atoms. The summed E-state index contributed by atoms with van der Waals surface area (Å²) in [4.78, 5) is 18.5. The number of benzene rings is 1. The van der Waals surface area contributed by atoms with Crippen LogP contribution in [0.3, 0.4) is 0 Å². The second-order valence-electron chi connectivity index (χ2n) is 6.01. The minimum Gasteiger partial charge on any atom is -0.465 e. The molecule has 0 aliphatic carbocycles. The number of nitrogens with one attached hydrogen (secondary N) is 1. The number of hydrogen-bond donors (Lipinski definition) is 1. The lowest BCUT2D eigenvalue weighted by Gasteiger charge is -2.13. The van der Waals surface area contributed by atoms with Gasteiger partial charge in [0.15, 0.2) is 0 Å². The van der Waals surface area contributed by atoms with Crippen LogP contribution in [0.2, 0.25) is 0 Å². The first-order chi connectivity index (χ1) is 10.9. The van der Waals surface area contributed by atoms with Crippen molar-refractivity contribution in [1.29, 1.82) is 0 Å². The van der Waals surface area contributed by atoms with Gasteiger partial charge in [-0.3, -0.25) is 10.1 Å². The van der Waals surface area contributed by atoms with Gasteiger partial charge in [0.2, 0.25) is 0 Å². The molecule has 0 spiro atoms. The molecular formula is C17H26FN3O2. The standard InChI is InChI=1S/C17H26FN3O2/c1-13(2)12-23-17(19-10-5-11-21(3)4)20-16(22)14-6-8-15(18)9-7-14/h6-9,13H,5,10-12H2,1-4H3,(H,19,20,22). The van der Waals surface area contributed by atoms with Gasteiger partial charge in [0.05, 0.1) is 6.61 Å². The largest absolute Gasteiger partial charge is 0.465 e. The minimum atomic E-state index is -0.379. The summed E-state index contributed by atoms with van der Waals surface area (Å²) in [6.07, 6.45) is 0.869. The van der Waals surface area contributed by atoms with Gasteiger partial charge in [0.1, 0.15) is 5.82 Å². The fourth-order valence-corrected chi connectivity index (χ4v) is 1.70. The highest BCUT2D eigenvalue weighted by atomic mass is 19.1. The van der Waals surface area contributed by atoms with E-state index in [2.05, 4.69) is 15.2 Å². The van der Waals surface area contributed by atoms with Crippen LogP contribution < -0.4 is 5.32 Å². The van der Waals surface area contributed by atoms with Crippen LogP contribution in [0.1, 0.15) is 30.6 Å². The fourth-order valence-electron chi connectivity index (χ4n) is 1.70. The first-order valence-corrected chi connectivity index (χ1v) is 7.77.